The molecule has 154 valence electrons. The maximum atomic E-state index is 9.32. The molecule has 0 unspecified atom stereocenters. The Morgan fingerprint density at radius 2 is 1.87 bits per heavy atom. The largest absolute Gasteiger partial charge is 0.497 e. The third-order valence-corrected chi connectivity index (χ3v) is 5.79. The number of rotatable bonds is 5. The maximum Gasteiger partial charge on any atom is 0.199 e. The molecular weight excluding hydrogens is 398 g/mol. The Hall–Kier alpha value is -3.22. The highest BCUT2D eigenvalue weighted by Gasteiger charge is 2.21. The van der Waals surface area contributed by atoms with E-state index in [2.05, 4.69) is 20.9 Å². The third kappa shape index (κ3) is 3.92. The number of methoxy groups -OCH3 is 1. The summed E-state index contributed by atoms with van der Waals surface area (Å²) in [6, 6.07) is 13.6. The fraction of sp³-hybridized carbons (Fsp3) is 0.333. The molecular formula is C21H23N7OS. The molecule has 0 aliphatic carbocycles. The number of benzene rings is 1. The Morgan fingerprint density at radius 3 is 2.53 bits per heavy atom. The zero-order valence-corrected chi connectivity index (χ0v) is 17.8. The van der Waals surface area contributed by atoms with Gasteiger partial charge in [-0.15, -0.1) is 0 Å². The van der Waals surface area contributed by atoms with Crippen LogP contribution in [0.4, 0.5) is 5.82 Å². The number of nitrogens with zero attached hydrogens (tertiary/aromatic N) is 7. The monoisotopic (exact) mass is 421 g/mol. The Labute approximate surface area is 180 Å². The van der Waals surface area contributed by atoms with Crippen molar-refractivity contribution in [3.63, 3.8) is 0 Å². The lowest BCUT2D eigenvalue weighted by molar-refractivity contribution is 0.194. The smallest absolute Gasteiger partial charge is 0.199 e. The summed E-state index contributed by atoms with van der Waals surface area (Å²) in [6.07, 6.45) is 1.73. The molecule has 0 radical (unpaired) electrons. The number of nitriles is 1. The van der Waals surface area contributed by atoms with E-state index < -0.39 is 0 Å². The lowest BCUT2D eigenvalue weighted by atomic mass is 10.2. The zero-order chi connectivity index (χ0) is 21.1. The molecule has 1 saturated heterocycles. The maximum absolute atomic E-state index is 9.32. The topological polar surface area (TPSA) is 75.1 Å². The number of anilines is 1. The van der Waals surface area contributed by atoms with Crippen molar-refractivity contribution in [2.45, 2.75) is 6.67 Å². The highest BCUT2D eigenvalue weighted by atomic mass is 32.1. The minimum atomic E-state index is 0.613. The van der Waals surface area contributed by atoms with Crippen molar-refractivity contribution in [2.75, 3.05) is 38.2 Å². The normalized spacial score (nSPS) is 14.5. The van der Waals surface area contributed by atoms with Gasteiger partial charge in [-0.2, -0.15) is 10.4 Å². The summed E-state index contributed by atoms with van der Waals surface area (Å²) < 4.78 is 9.71. The number of ether oxygens (including phenoxy) is 1. The minimum Gasteiger partial charge on any atom is -0.497 e. The number of hydrogen-bond donors (Lipinski definition) is 0. The van der Waals surface area contributed by atoms with Gasteiger partial charge in [-0.05, 0) is 48.6 Å². The van der Waals surface area contributed by atoms with Crippen molar-refractivity contribution in [1.82, 2.24) is 24.2 Å². The lowest BCUT2D eigenvalue weighted by Crippen LogP contribution is -2.47. The molecule has 8 nitrogen and oxygen atoms in total. The van der Waals surface area contributed by atoms with Gasteiger partial charge in [0.05, 0.1) is 19.3 Å². The average molecular weight is 422 g/mol. The Balaban J connectivity index is 1.46. The molecule has 0 N–H and O–H groups in total. The van der Waals surface area contributed by atoms with Crippen molar-refractivity contribution in [1.29, 1.82) is 5.26 Å². The number of hydrogen-bond acceptors (Lipinski definition) is 7. The molecule has 3 heterocycles. The molecule has 30 heavy (non-hydrogen) atoms. The Kier molecular flexibility index (Phi) is 5.79. The summed E-state index contributed by atoms with van der Waals surface area (Å²) in [5.41, 5.74) is 1.61. The summed E-state index contributed by atoms with van der Waals surface area (Å²) in [6.45, 7) is 3.92. The highest BCUT2D eigenvalue weighted by molar-refractivity contribution is 7.71. The standard InChI is InChI=1S/C21H23N7OS/c1-25-20(16-5-7-18(29-2)8-6-16)24-28(21(25)30)15-26-10-12-27(13-11-26)19-17(14-22)4-3-9-23-19/h3-9H,10-13,15H2,1-2H3. The molecule has 4 rings (SSSR count). The van der Waals surface area contributed by atoms with Gasteiger partial charge < -0.3 is 14.2 Å². The van der Waals surface area contributed by atoms with Crippen LogP contribution in [0.25, 0.3) is 11.4 Å². The molecule has 2 aromatic heterocycles. The molecule has 3 aromatic rings. The van der Waals surface area contributed by atoms with Gasteiger partial charge in [-0.25, -0.2) is 9.67 Å². The third-order valence-electron chi connectivity index (χ3n) is 5.30. The second-order valence-electron chi connectivity index (χ2n) is 7.13. The molecule has 9 heteroatoms. The van der Waals surface area contributed by atoms with Crippen molar-refractivity contribution >= 4 is 18.0 Å². The van der Waals surface area contributed by atoms with E-state index in [1.165, 1.54) is 0 Å². The van der Waals surface area contributed by atoms with Crippen LogP contribution in [0.5, 0.6) is 5.75 Å². The number of aromatic nitrogens is 4. The predicted molar refractivity (Wildman–Crippen MR) is 117 cm³/mol. The van der Waals surface area contributed by atoms with Crippen LogP contribution in [0.2, 0.25) is 0 Å². The summed E-state index contributed by atoms with van der Waals surface area (Å²) in [5, 5.41) is 14.1. The van der Waals surface area contributed by atoms with E-state index in [0.29, 0.717) is 17.0 Å². The van der Waals surface area contributed by atoms with Gasteiger partial charge in [0.1, 0.15) is 17.6 Å². The second-order valence-corrected chi connectivity index (χ2v) is 7.49. The lowest BCUT2D eigenvalue weighted by Gasteiger charge is -2.35. The molecule has 1 aliphatic rings. The van der Waals surface area contributed by atoms with Crippen molar-refractivity contribution in [3.05, 3.63) is 52.9 Å². The number of pyridine rings is 1. The highest BCUT2D eigenvalue weighted by Crippen LogP contribution is 2.22. The Bertz CT molecular complexity index is 1120. The van der Waals surface area contributed by atoms with Crippen LogP contribution < -0.4 is 9.64 Å². The van der Waals surface area contributed by atoms with Crippen LogP contribution in [0.3, 0.4) is 0 Å². The van der Waals surface area contributed by atoms with Gasteiger partial charge in [-0.3, -0.25) is 4.90 Å². The SMILES string of the molecule is COc1ccc(-c2nn(CN3CCN(c4ncccc4C#N)CC3)c(=S)n2C)cc1. The first kappa shape index (κ1) is 20.1. The molecule has 0 bridgehead atoms. The zero-order valence-electron chi connectivity index (χ0n) is 17.0. The first-order chi connectivity index (χ1) is 14.6. The van der Waals surface area contributed by atoms with E-state index in [1.807, 2.05) is 46.6 Å². The van der Waals surface area contributed by atoms with Gasteiger partial charge in [0, 0.05) is 45.0 Å². The van der Waals surface area contributed by atoms with Crippen LogP contribution in [0, 0.1) is 16.1 Å². The molecule has 0 amide bonds. The molecule has 1 fully saturated rings. The summed E-state index contributed by atoms with van der Waals surface area (Å²) in [7, 11) is 3.59. The fourth-order valence-electron chi connectivity index (χ4n) is 3.60. The van der Waals surface area contributed by atoms with E-state index >= 15 is 0 Å². The van der Waals surface area contributed by atoms with Crippen LogP contribution >= 0.6 is 12.2 Å². The van der Waals surface area contributed by atoms with Crippen LogP contribution in [0.15, 0.2) is 42.6 Å². The predicted octanol–water partition coefficient (Wildman–Crippen LogP) is 2.67. The molecule has 0 spiro atoms. The van der Waals surface area contributed by atoms with E-state index in [4.69, 9.17) is 22.1 Å². The summed E-state index contributed by atoms with van der Waals surface area (Å²) >= 11 is 5.62. The van der Waals surface area contributed by atoms with Crippen molar-refractivity contribution in [2.24, 2.45) is 7.05 Å². The number of piperazine rings is 1. The van der Waals surface area contributed by atoms with Crippen LogP contribution in [0.1, 0.15) is 5.56 Å². The second kappa shape index (κ2) is 8.65. The first-order valence-corrected chi connectivity index (χ1v) is 10.1. The molecule has 1 aromatic carbocycles. The van der Waals surface area contributed by atoms with Gasteiger partial charge in [0.25, 0.3) is 0 Å². The van der Waals surface area contributed by atoms with E-state index in [9.17, 15) is 5.26 Å². The van der Waals surface area contributed by atoms with Crippen LogP contribution in [-0.4, -0.2) is 57.5 Å². The van der Waals surface area contributed by atoms with Gasteiger partial charge in [-0.1, -0.05) is 0 Å². The first-order valence-electron chi connectivity index (χ1n) is 9.71. The Morgan fingerprint density at radius 1 is 1.13 bits per heavy atom. The van der Waals surface area contributed by atoms with E-state index in [1.54, 1.807) is 19.4 Å². The van der Waals surface area contributed by atoms with Crippen LogP contribution in [-0.2, 0) is 13.7 Å². The fourth-order valence-corrected chi connectivity index (χ4v) is 3.78. The summed E-state index contributed by atoms with van der Waals surface area (Å²) in [5.74, 6) is 2.40. The van der Waals surface area contributed by atoms with Crippen molar-refractivity contribution < 1.29 is 4.74 Å². The molecule has 0 atom stereocenters. The summed E-state index contributed by atoms with van der Waals surface area (Å²) in [4.78, 5) is 8.87. The van der Waals surface area contributed by atoms with Gasteiger partial charge in [0.15, 0.2) is 10.6 Å². The molecule has 0 saturated carbocycles. The van der Waals surface area contributed by atoms with Gasteiger partial charge >= 0.3 is 0 Å². The quantitative estimate of drug-likeness (QED) is 0.586. The molecule has 1 aliphatic heterocycles. The van der Waals surface area contributed by atoms with Gasteiger partial charge in [0.2, 0.25) is 0 Å². The van der Waals surface area contributed by atoms with E-state index in [0.717, 1.165) is 49.1 Å². The van der Waals surface area contributed by atoms with E-state index in [-0.39, 0.29) is 0 Å². The minimum absolute atomic E-state index is 0.613. The van der Waals surface area contributed by atoms with Crippen molar-refractivity contribution in [3.8, 4) is 23.2 Å². The average Bonchev–Trinajstić information content (AvgIpc) is 3.08.